The number of aromatic nitrogens is 1. The molecule has 9 heteroatoms. The van der Waals surface area contributed by atoms with E-state index in [0.29, 0.717) is 5.76 Å². The molecule has 2 aromatic heterocycles. The molecule has 0 aliphatic rings. The van der Waals surface area contributed by atoms with Crippen molar-refractivity contribution in [3.05, 3.63) is 42.0 Å². The van der Waals surface area contributed by atoms with Crippen LogP contribution < -0.4 is 5.32 Å². The largest absolute Gasteiger partial charge is 0.360 e. The number of aryl methyl sites for hydroxylation is 1. The zero-order valence-corrected chi connectivity index (χ0v) is 13.5. The zero-order valence-electron chi connectivity index (χ0n) is 11.9. The smallest absolute Gasteiger partial charge is 0.253 e. The molecule has 0 aromatic carbocycles. The summed E-state index contributed by atoms with van der Waals surface area (Å²) in [4.78, 5) is 12.0. The van der Waals surface area contributed by atoms with Crippen LogP contribution in [0.3, 0.4) is 0 Å². The summed E-state index contributed by atoms with van der Waals surface area (Å²) in [7, 11) is -3.73. The maximum Gasteiger partial charge on any atom is 0.253 e. The lowest BCUT2D eigenvalue weighted by molar-refractivity contribution is -0.116. The van der Waals surface area contributed by atoms with Crippen molar-refractivity contribution in [2.24, 2.45) is 0 Å². The van der Waals surface area contributed by atoms with Gasteiger partial charge in [0.1, 0.15) is 9.97 Å². The van der Waals surface area contributed by atoms with Gasteiger partial charge in [0.25, 0.3) is 10.0 Å². The lowest BCUT2D eigenvalue weighted by atomic mass is 10.4. The molecule has 0 unspecified atom stereocenters. The fourth-order valence-electron chi connectivity index (χ4n) is 1.70. The van der Waals surface area contributed by atoms with Crippen LogP contribution in [0.5, 0.6) is 0 Å². The SMILES string of the molecule is C=CCN(CC(=O)Nc1cc(C)on1)S(=O)(=O)c1cccs1. The van der Waals surface area contributed by atoms with Crippen molar-refractivity contribution >= 4 is 33.1 Å². The topological polar surface area (TPSA) is 92.5 Å². The quantitative estimate of drug-likeness (QED) is 0.776. The zero-order chi connectivity index (χ0) is 16.2. The Bertz CT molecular complexity index is 750. The van der Waals surface area contributed by atoms with Gasteiger partial charge >= 0.3 is 0 Å². The van der Waals surface area contributed by atoms with Gasteiger partial charge in [0.2, 0.25) is 5.91 Å². The molecule has 0 fully saturated rings. The van der Waals surface area contributed by atoms with Gasteiger partial charge in [-0.05, 0) is 18.4 Å². The number of carbonyl (C=O) groups is 1. The molecule has 0 aliphatic carbocycles. The maximum atomic E-state index is 12.4. The van der Waals surface area contributed by atoms with E-state index in [9.17, 15) is 13.2 Å². The highest BCUT2D eigenvalue weighted by molar-refractivity contribution is 7.91. The van der Waals surface area contributed by atoms with Crippen LogP contribution in [0.2, 0.25) is 0 Å². The number of anilines is 1. The van der Waals surface area contributed by atoms with Crippen LogP contribution in [0, 0.1) is 6.92 Å². The van der Waals surface area contributed by atoms with Gasteiger partial charge in [0.15, 0.2) is 5.82 Å². The van der Waals surface area contributed by atoms with Crippen molar-refractivity contribution in [2.75, 3.05) is 18.4 Å². The number of hydrogen-bond donors (Lipinski definition) is 1. The molecule has 0 atom stereocenters. The first-order valence-corrected chi connectivity index (χ1v) is 8.63. The summed E-state index contributed by atoms with van der Waals surface area (Å²) in [6, 6.07) is 4.68. The van der Waals surface area contributed by atoms with Crippen LogP contribution in [-0.2, 0) is 14.8 Å². The summed E-state index contributed by atoms with van der Waals surface area (Å²) < 4.78 is 31.0. The van der Waals surface area contributed by atoms with Crippen LogP contribution >= 0.6 is 11.3 Å². The summed E-state index contributed by atoms with van der Waals surface area (Å²) in [5.74, 6) is 0.286. The molecular weight excluding hydrogens is 326 g/mol. The molecule has 1 N–H and O–H groups in total. The normalized spacial score (nSPS) is 11.5. The fraction of sp³-hybridized carbons (Fsp3) is 0.231. The van der Waals surface area contributed by atoms with E-state index in [1.54, 1.807) is 24.4 Å². The first-order chi connectivity index (χ1) is 10.4. The van der Waals surface area contributed by atoms with Crippen molar-refractivity contribution in [3.63, 3.8) is 0 Å². The summed E-state index contributed by atoms with van der Waals surface area (Å²) in [5, 5.41) is 7.78. The number of rotatable bonds is 7. The van der Waals surface area contributed by atoms with Gasteiger partial charge in [-0.1, -0.05) is 17.3 Å². The van der Waals surface area contributed by atoms with Gasteiger partial charge in [-0.15, -0.1) is 17.9 Å². The Morgan fingerprint density at radius 1 is 1.59 bits per heavy atom. The fourth-order valence-corrected chi connectivity index (χ4v) is 4.21. The summed E-state index contributed by atoms with van der Waals surface area (Å²) in [5.41, 5.74) is 0. The third kappa shape index (κ3) is 3.81. The second-order valence-corrected chi connectivity index (χ2v) is 7.50. The first kappa shape index (κ1) is 16.4. The summed E-state index contributed by atoms with van der Waals surface area (Å²) in [6.45, 7) is 4.91. The Hall–Kier alpha value is -1.97. The van der Waals surface area contributed by atoms with Gasteiger partial charge in [0.05, 0.1) is 6.54 Å². The Morgan fingerprint density at radius 2 is 2.36 bits per heavy atom. The predicted octanol–water partition coefficient (Wildman–Crippen LogP) is 1.86. The molecule has 1 amide bonds. The Labute approximate surface area is 132 Å². The van der Waals surface area contributed by atoms with E-state index in [4.69, 9.17) is 4.52 Å². The third-order valence-corrected chi connectivity index (χ3v) is 5.82. The van der Waals surface area contributed by atoms with Gasteiger partial charge in [-0.25, -0.2) is 8.42 Å². The Balaban J connectivity index is 2.11. The number of nitrogens with one attached hydrogen (secondary N) is 1. The van der Waals surface area contributed by atoms with E-state index in [2.05, 4.69) is 17.1 Å². The second-order valence-electron chi connectivity index (χ2n) is 4.39. The molecule has 7 nitrogen and oxygen atoms in total. The number of amides is 1. The van der Waals surface area contributed by atoms with Gasteiger partial charge < -0.3 is 9.84 Å². The number of hydrogen-bond acceptors (Lipinski definition) is 6. The van der Waals surface area contributed by atoms with Gasteiger partial charge in [0, 0.05) is 12.6 Å². The molecule has 0 saturated carbocycles. The van der Waals surface area contributed by atoms with Gasteiger partial charge in [-0.3, -0.25) is 4.79 Å². The molecule has 0 bridgehead atoms. The van der Waals surface area contributed by atoms with Crippen LogP contribution in [0.25, 0.3) is 0 Å². The molecule has 2 rings (SSSR count). The van der Waals surface area contributed by atoms with Crippen LogP contribution in [0.1, 0.15) is 5.76 Å². The van der Waals surface area contributed by atoms with Crippen molar-refractivity contribution < 1.29 is 17.7 Å². The molecule has 118 valence electrons. The van der Waals surface area contributed by atoms with Crippen molar-refractivity contribution in [3.8, 4) is 0 Å². The second kappa shape index (κ2) is 6.86. The number of sulfonamides is 1. The van der Waals surface area contributed by atoms with Crippen molar-refractivity contribution in [1.82, 2.24) is 9.46 Å². The minimum absolute atomic E-state index is 0.0332. The minimum Gasteiger partial charge on any atom is -0.360 e. The Morgan fingerprint density at radius 3 is 2.91 bits per heavy atom. The van der Waals surface area contributed by atoms with E-state index in [1.165, 1.54) is 12.1 Å². The predicted molar refractivity (Wildman–Crippen MR) is 83.1 cm³/mol. The standard InChI is InChI=1S/C13H15N3O4S2/c1-3-6-16(22(18,19)13-5-4-7-21-13)9-12(17)14-11-8-10(2)20-15-11/h3-5,7-8H,1,6,9H2,2H3,(H,14,15,17). The summed E-state index contributed by atoms with van der Waals surface area (Å²) >= 11 is 1.10. The lowest BCUT2D eigenvalue weighted by Crippen LogP contribution is -2.37. The molecule has 0 radical (unpaired) electrons. The minimum atomic E-state index is -3.73. The van der Waals surface area contributed by atoms with Crippen LogP contribution in [-0.4, -0.2) is 36.9 Å². The maximum absolute atomic E-state index is 12.4. The third-order valence-electron chi connectivity index (χ3n) is 2.64. The Kier molecular flexibility index (Phi) is 5.11. The lowest BCUT2D eigenvalue weighted by Gasteiger charge is -2.18. The molecule has 0 aliphatic heterocycles. The highest BCUT2D eigenvalue weighted by Crippen LogP contribution is 2.20. The van der Waals surface area contributed by atoms with Gasteiger partial charge in [-0.2, -0.15) is 4.31 Å². The van der Waals surface area contributed by atoms with E-state index in [0.717, 1.165) is 15.6 Å². The van der Waals surface area contributed by atoms with Crippen molar-refractivity contribution in [2.45, 2.75) is 11.1 Å². The average molecular weight is 341 g/mol. The number of nitrogens with zero attached hydrogens (tertiary/aromatic N) is 2. The first-order valence-electron chi connectivity index (χ1n) is 6.31. The van der Waals surface area contributed by atoms with E-state index >= 15 is 0 Å². The highest BCUT2D eigenvalue weighted by atomic mass is 32.2. The van der Waals surface area contributed by atoms with E-state index in [-0.39, 0.29) is 23.1 Å². The van der Waals surface area contributed by atoms with E-state index < -0.39 is 15.9 Å². The molecule has 2 aromatic rings. The molecule has 0 spiro atoms. The molecule has 22 heavy (non-hydrogen) atoms. The molecule has 0 saturated heterocycles. The highest BCUT2D eigenvalue weighted by Gasteiger charge is 2.26. The summed E-state index contributed by atoms with van der Waals surface area (Å²) in [6.07, 6.45) is 1.43. The molecular formula is C13H15N3O4S2. The van der Waals surface area contributed by atoms with Crippen LogP contribution in [0.15, 0.2) is 45.0 Å². The monoisotopic (exact) mass is 341 g/mol. The van der Waals surface area contributed by atoms with E-state index in [1.807, 2.05) is 0 Å². The average Bonchev–Trinajstić information content (AvgIpc) is 3.10. The van der Waals surface area contributed by atoms with Crippen LogP contribution in [0.4, 0.5) is 5.82 Å². The van der Waals surface area contributed by atoms with Crippen molar-refractivity contribution in [1.29, 1.82) is 0 Å². The molecule has 2 heterocycles. The number of thiophene rings is 1. The number of carbonyl (C=O) groups excluding carboxylic acids is 1.